The molecule has 2 saturated carbocycles. The monoisotopic (exact) mass is 1830 g/mol. The molecule has 0 spiro atoms. The van der Waals surface area contributed by atoms with Gasteiger partial charge >= 0.3 is 11.9 Å². The van der Waals surface area contributed by atoms with Gasteiger partial charge in [0, 0.05) is 57.2 Å². The van der Waals surface area contributed by atoms with Crippen LogP contribution in [0.15, 0.2) is 254 Å². The van der Waals surface area contributed by atoms with Gasteiger partial charge < -0.3 is 42.6 Å². The number of benzene rings is 5. The Bertz CT molecular complexity index is 6980. The van der Waals surface area contributed by atoms with Crippen LogP contribution in [-0.4, -0.2) is 151 Å². The number of nitrogens with one attached hydrogen (secondary N) is 10. The van der Waals surface area contributed by atoms with E-state index in [1.165, 1.54) is 23.6 Å². The zero-order valence-electron chi connectivity index (χ0n) is 71.3. The molecule has 2 aliphatic heterocycles. The molecule has 15 aromatic rings. The Morgan fingerprint density at radius 1 is 0.300 bits per heavy atom. The molecular formula is C96H101N17O13S4. The number of pyridine rings is 5. The lowest BCUT2D eigenvalue weighted by molar-refractivity contribution is -0.154. The predicted octanol–water partition coefficient (Wildman–Crippen LogP) is 16.5. The standard InChI is InChI=1S/C21H24N4O2S.C20H22N4O2S.C20H21N3O4.C20H21N3O3S.C15H13N3O2S/c26-19-17-16(22-23-19)11-14-25(21(17)28)18(15-9-5-4-6-10-15)20(27)24-12-7-2-1-3-8-13-24;25-18-16-15(21-22-18)10-13-24(20(16)27)17(14-8-4-3-5-9-14)19(26)23-11-6-1-2-7-12-23;24-18-16-15(21-22-18)11-12-23(19(16)25)17(13-7-3-1-4-8-13)20(26)27-14-9-5-2-6-10-14;24-18-16-15(21-22-18)11-12-23(19(16)27)17(13-7-3-1-4-8-13)20(25)26-14-9-5-2-6-10-14;1-9(19)13(10-5-3-2-4-6-10)18-8-7-11-12(15(18)21)14(20)17-16-11/h4-6,9-11,14,18H,1-3,7-8,12-13H2,(H2,22,23,26);3-5,8-10,13,17H,1-2,6-7,11-12H2,(H2,21,22,25);2*1,3-4,7-8,11-12,14,17H,2,5-6,9-10H2,(H2,21,22,24);2-8,13,19H,1H2,(H2,16,17,20). The summed E-state index contributed by atoms with van der Waals surface area (Å²) in [6.45, 7) is 6.70. The van der Waals surface area contributed by atoms with Gasteiger partial charge in [-0.05, 0) is 135 Å². The summed E-state index contributed by atoms with van der Waals surface area (Å²) < 4.78 is 21.1. The topological polar surface area (TPSA) is 398 Å². The Hall–Kier alpha value is -13.7. The van der Waals surface area contributed by atoms with Gasteiger partial charge in [0.2, 0.25) is 11.8 Å². The van der Waals surface area contributed by atoms with Crippen molar-refractivity contribution in [2.24, 2.45) is 0 Å². The van der Waals surface area contributed by atoms with E-state index < -0.39 is 47.3 Å². The second-order valence-corrected chi connectivity index (χ2v) is 34.3. The summed E-state index contributed by atoms with van der Waals surface area (Å²) in [4.78, 5) is 130. The number of hydrogen-bond donors (Lipinski definition) is 11. The van der Waals surface area contributed by atoms with Gasteiger partial charge in [0.05, 0.1) is 27.6 Å². The summed E-state index contributed by atoms with van der Waals surface area (Å²) in [6.07, 6.45) is 28.4. The predicted molar refractivity (Wildman–Crippen MR) is 509 cm³/mol. The first-order valence-electron chi connectivity index (χ1n) is 43.9. The SMILES string of the molecule is C=C(O)C(c1ccccc1)n1ccc2[nH][nH]c(=O)c2c1=S.O=C(C(c1ccccc1)n1ccc2[nH][nH]c(=O)c2c1=S)N1CCCCCC1.O=C(C(c1ccccc1)n1ccc2[nH][nH]c(=O)c2c1=S)N1CCCCCCC1.O=C(OC1CCCCC1)C(c1ccccc1)n1ccc2[nH][nH]c(=O)c2c1=O.O=C(OC1CCCCC1)C(c1ccccc1)n1ccc2[nH][nH]c(=O)c2c1=S. The van der Waals surface area contributed by atoms with Gasteiger partial charge in [0.25, 0.3) is 33.4 Å². The average molecular weight is 1830 g/mol. The van der Waals surface area contributed by atoms with Crippen LogP contribution in [0.2, 0.25) is 0 Å². The highest BCUT2D eigenvalue weighted by Gasteiger charge is 2.35. The Kier molecular flexibility index (Phi) is 29.8. The molecule has 2 saturated heterocycles. The highest BCUT2D eigenvalue weighted by molar-refractivity contribution is 7.72. The van der Waals surface area contributed by atoms with Gasteiger partial charge in [0.15, 0.2) is 12.1 Å². The van der Waals surface area contributed by atoms with Crippen molar-refractivity contribution in [3.05, 3.63) is 334 Å². The molecule has 10 aromatic heterocycles. The van der Waals surface area contributed by atoms with Crippen molar-refractivity contribution in [3.63, 3.8) is 0 Å². The van der Waals surface area contributed by atoms with Crippen LogP contribution in [0.3, 0.4) is 0 Å². The van der Waals surface area contributed by atoms with Crippen molar-refractivity contribution in [1.82, 2.24) is 83.6 Å². The highest BCUT2D eigenvalue weighted by atomic mass is 32.1. The molecule has 2 amide bonds. The number of fused-ring (bicyclic) bond motifs is 5. The van der Waals surface area contributed by atoms with Gasteiger partial charge in [-0.25, -0.2) is 9.59 Å². The van der Waals surface area contributed by atoms with E-state index >= 15 is 0 Å². The Labute approximate surface area is 764 Å². The fourth-order valence-electron chi connectivity index (χ4n) is 17.6. The zero-order valence-corrected chi connectivity index (χ0v) is 74.6. The number of hydrogen-bond acceptors (Lipinski definition) is 17. The number of carbonyl (C=O) groups excluding carboxylic acids is 4. The third kappa shape index (κ3) is 20.5. The highest BCUT2D eigenvalue weighted by Crippen LogP contribution is 2.33. The van der Waals surface area contributed by atoms with Crippen LogP contribution < -0.4 is 33.4 Å². The molecule has 0 bridgehead atoms. The number of rotatable bonds is 17. The molecule has 30 nitrogen and oxygen atoms in total. The normalized spacial score (nSPS) is 15.7. The molecule has 4 fully saturated rings. The molecule has 34 heteroatoms. The first-order valence-corrected chi connectivity index (χ1v) is 45.5. The molecule has 19 rings (SSSR count). The van der Waals surface area contributed by atoms with Crippen LogP contribution in [0, 0.1) is 18.6 Å². The first kappa shape index (κ1) is 91.1. The fraction of sp³-hybridized carbons (Fsp3) is 0.312. The molecule has 12 heterocycles. The Morgan fingerprint density at radius 3 is 0.831 bits per heavy atom. The van der Waals surface area contributed by atoms with E-state index in [0.717, 1.165) is 158 Å². The first-order chi connectivity index (χ1) is 63.2. The lowest BCUT2D eigenvalue weighted by Crippen LogP contribution is -2.39. The van der Waals surface area contributed by atoms with E-state index in [4.69, 9.17) is 58.3 Å². The number of H-pyrrole nitrogens is 10. The number of likely N-dealkylation sites (tertiary alicyclic amines) is 2. The summed E-state index contributed by atoms with van der Waals surface area (Å²) in [5, 5.41) is 38.1. The Balaban J connectivity index is 0.000000125. The van der Waals surface area contributed by atoms with Crippen LogP contribution in [0.1, 0.15) is 180 Å². The molecule has 2 aliphatic carbocycles. The zero-order chi connectivity index (χ0) is 90.9. The van der Waals surface area contributed by atoms with Crippen LogP contribution in [0.25, 0.3) is 54.5 Å². The number of aliphatic hydroxyl groups is 1. The third-order valence-electron chi connectivity index (χ3n) is 24.2. The Morgan fingerprint density at radius 2 is 0.531 bits per heavy atom. The number of allylic oxidation sites excluding steroid dienone is 1. The summed E-state index contributed by atoms with van der Waals surface area (Å²) in [7, 11) is 0. The van der Waals surface area contributed by atoms with Crippen LogP contribution >= 0.6 is 48.9 Å². The van der Waals surface area contributed by atoms with Gasteiger partial charge in [-0.1, -0.05) is 252 Å². The molecule has 0 radical (unpaired) electrons. The van der Waals surface area contributed by atoms with Gasteiger partial charge in [-0.2, -0.15) is 0 Å². The van der Waals surface area contributed by atoms with Crippen LogP contribution in [0.4, 0.5) is 0 Å². The lowest BCUT2D eigenvalue weighted by Gasteiger charge is -2.30. The van der Waals surface area contributed by atoms with Crippen molar-refractivity contribution in [2.45, 2.75) is 164 Å². The van der Waals surface area contributed by atoms with E-state index in [1.807, 2.05) is 149 Å². The van der Waals surface area contributed by atoms with Crippen molar-refractivity contribution in [1.29, 1.82) is 0 Å². The van der Waals surface area contributed by atoms with Crippen molar-refractivity contribution >= 4 is 127 Å². The second kappa shape index (κ2) is 42.5. The van der Waals surface area contributed by atoms with Gasteiger partial charge in [-0.15, -0.1) is 0 Å². The smallest absolute Gasteiger partial charge is 0.334 e. The minimum absolute atomic E-state index is 0.00361. The van der Waals surface area contributed by atoms with E-state index in [0.29, 0.717) is 73.3 Å². The summed E-state index contributed by atoms with van der Waals surface area (Å²) in [5.41, 5.74) is 4.84. The van der Waals surface area contributed by atoms with Crippen molar-refractivity contribution in [3.8, 4) is 0 Å². The third-order valence-corrected chi connectivity index (χ3v) is 25.9. The van der Waals surface area contributed by atoms with Crippen LogP contribution in [-0.2, 0) is 28.7 Å². The van der Waals surface area contributed by atoms with E-state index in [1.54, 1.807) is 85.5 Å². The van der Waals surface area contributed by atoms with Gasteiger partial charge in [0.1, 0.15) is 81.6 Å². The number of aromatic nitrogens is 15. The molecule has 4 aliphatic rings. The number of aromatic amines is 10. The van der Waals surface area contributed by atoms with Crippen molar-refractivity contribution in [2.75, 3.05) is 26.2 Å². The molecule has 5 atom stereocenters. The number of ether oxygens (including phenoxy) is 2. The molecule has 5 aromatic carbocycles. The summed E-state index contributed by atoms with van der Waals surface area (Å²) in [5.74, 6) is -0.776. The van der Waals surface area contributed by atoms with Crippen molar-refractivity contribution < 1.29 is 33.8 Å². The maximum absolute atomic E-state index is 13.6. The van der Waals surface area contributed by atoms with E-state index in [2.05, 4.69) is 57.6 Å². The number of carbonyl (C=O) groups is 4. The largest absolute Gasteiger partial charge is 0.510 e. The van der Waals surface area contributed by atoms with E-state index in [9.17, 15) is 53.1 Å². The number of nitrogens with zero attached hydrogens (tertiary/aromatic N) is 7. The van der Waals surface area contributed by atoms with E-state index in [-0.39, 0.29) is 63.4 Å². The lowest BCUT2D eigenvalue weighted by atomic mass is 9.97. The molecule has 11 N–H and O–H groups in total. The molecular weight excluding hydrogens is 1730 g/mol. The molecule has 130 heavy (non-hydrogen) atoms. The van der Waals surface area contributed by atoms with Crippen LogP contribution in [0.5, 0.6) is 0 Å². The number of esters is 2. The average Bonchev–Trinajstić information content (AvgIpc) is 1.56. The molecule has 5 unspecified atom stereocenters. The minimum atomic E-state index is -0.931. The van der Waals surface area contributed by atoms with Gasteiger partial charge in [-0.3, -0.25) is 93.9 Å². The number of amides is 2. The summed E-state index contributed by atoms with van der Waals surface area (Å²) in [6, 6.07) is 52.5. The fourth-order valence-corrected chi connectivity index (χ4v) is 19.1. The molecule has 672 valence electrons. The maximum Gasteiger partial charge on any atom is 0.334 e. The minimum Gasteiger partial charge on any atom is -0.510 e. The maximum atomic E-state index is 13.6. The summed E-state index contributed by atoms with van der Waals surface area (Å²) >= 11 is 22.2. The second-order valence-electron chi connectivity index (χ2n) is 32.8. The quantitative estimate of drug-likeness (QED) is 0.0229. The number of aliphatic hydroxyl groups excluding tert-OH is 1.